The standard InChI is InChI=1S/C23H20N2O3S/c1-3-28-18-12-7-11-17(15-18)25-22(26)20(19-13-8-14-29-19)21(23(25)27)24(2)16-9-5-4-6-10-16/h4-15H,3H2,1-2H3. The fourth-order valence-corrected chi connectivity index (χ4v) is 4.13. The Kier molecular flexibility index (Phi) is 5.18. The molecule has 0 atom stereocenters. The van der Waals surface area contributed by atoms with Crippen molar-refractivity contribution in [3.63, 3.8) is 0 Å². The number of anilines is 2. The number of thiophene rings is 1. The number of amides is 2. The smallest absolute Gasteiger partial charge is 0.282 e. The van der Waals surface area contributed by atoms with E-state index >= 15 is 0 Å². The minimum Gasteiger partial charge on any atom is -0.494 e. The van der Waals surface area contributed by atoms with Crippen LogP contribution in [0.5, 0.6) is 5.75 Å². The zero-order chi connectivity index (χ0) is 20.4. The molecule has 2 heterocycles. The van der Waals surface area contributed by atoms with Crippen LogP contribution in [0.15, 0.2) is 77.8 Å². The van der Waals surface area contributed by atoms with Crippen LogP contribution in [0.2, 0.25) is 0 Å². The van der Waals surface area contributed by atoms with E-state index in [1.807, 2.05) is 67.9 Å². The lowest BCUT2D eigenvalue weighted by molar-refractivity contribution is -0.120. The summed E-state index contributed by atoms with van der Waals surface area (Å²) in [6.45, 7) is 2.40. The zero-order valence-corrected chi connectivity index (χ0v) is 17.0. The number of carbonyl (C=O) groups is 2. The SMILES string of the molecule is CCOc1cccc(N2C(=O)C(c3cccs3)=C(N(C)c3ccccc3)C2=O)c1. The lowest BCUT2D eigenvalue weighted by Gasteiger charge is -2.21. The van der Waals surface area contributed by atoms with Crippen LogP contribution in [0.25, 0.3) is 5.57 Å². The molecular weight excluding hydrogens is 384 g/mol. The van der Waals surface area contributed by atoms with Gasteiger partial charge in [-0.2, -0.15) is 0 Å². The van der Waals surface area contributed by atoms with Gasteiger partial charge in [0.15, 0.2) is 0 Å². The molecule has 0 saturated carbocycles. The molecule has 0 aliphatic carbocycles. The van der Waals surface area contributed by atoms with E-state index in [1.165, 1.54) is 16.2 Å². The maximum atomic E-state index is 13.5. The van der Waals surface area contributed by atoms with Crippen LogP contribution < -0.4 is 14.5 Å². The van der Waals surface area contributed by atoms with Gasteiger partial charge in [0.25, 0.3) is 11.8 Å². The number of likely N-dealkylation sites (N-methyl/N-ethyl adjacent to an activating group) is 1. The van der Waals surface area contributed by atoms with Crippen molar-refractivity contribution in [3.8, 4) is 5.75 Å². The predicted octanol–water partition coefficient (Wildman–Crippen LogP) is 4.57. The molecule has 0 spiro atoms. The maximum Gasteiger partial charge on any atom is 0.282 e. The molecule has 3 aromatic rings. The van der Waals surface area contributed by atoms with Crippen molar-refractivity contribution < 1.29 is 14.3 Å². The van der Waals surface area contributed by atoms with Gasteiger partial charge in [-0.3, -0.25) is 9.59 Å². The summed E-state index contributed by atoms with van der Waals surface area (Å²) in [5.74, 6) is -0.0598. The lowest BCUT2D eigenvalue weighted by atomic mass is 10.1. The molecule has 0 bridgehead atoms. The van der Waals surface area contributed by atoms with E-state index in [9.17, 15) is 9.59 Å². The number of hydrogen-bond acceptors (Lipinski definition) is 5. The first-order valence-electron chi connectivity index (χ1n) is 9.30. The number of rotatable bonds is 6. The third-order valence-corrected chi connectivity index (χ3v) is 5.58. The average molecular weight is 404 g/mol. The highest BCUT2D eigenvalue weighted by Crippen LogP contribution is 2.38. The van der Waals surface area contributed by atoms with E-state index in [4.69, 9.17) is 4.74 Å². The summed E-state index contributed by atoms with van der Waals surface area (Å²) < 4.78 is 5.55. The highest BCUT2D eigenvalue weighted by molar-refractivity contribution is 7.11. The Bertz CT molecular complexity index is 1070. The van der Waals surface area contributed by atoms with Gasteiger partial charge in [-0.1, -0.05) is 30.3 Å². The second-order valence-corrected chi connectivity index (χ2v) is 7.42. The highest BCUT2D eigenvalue weighted by atomic mass is 32.1. The van der Waals surface area contributed by atoms with Crippen molar-refractivity contribution in [3.05, 3.63) is 82.7 Å². The Labute approximate surface area is 173 Å². The minimum atomic E-state index is -0.349. The van der Waals surface area contributed by atoms with Gasteiger partial charge in [-0.15, -0.1) is 11.3 Å². The Hall–Kier alpha value is -3.38. The molecule has 2 aromatic carbocycles. The quantitative estimate of drug-likeness (QED) is 0.565. The first-order valence-corrected chi connectivity index (χ1v) is 10.2. The van der Waals surface area contributed by atoms with Gasteiger partial charge in [-0.05, 0) is 42.6 Å². The summed E-state index contributed by atoms with van der Waals surface area (Å²) in [4.78, 5) is 30.7. The van der Waals surface area contributed by atoms with Crippen molar-refractivity contribution in [2.24, 2.45) is 0 Å². The van der Waals surface area contributed by atoms with E-state index in [0.29, 0.717) is 29.3 Å². The summed E-state index contributed by atoms with van der Waals surface area (Å²) in [6, 6.07) is 20.3. The second kappa shape index (κ2) is 7.93. The topological polar surface area (TPSA) is 49.9 Å². The number of ether oxygens (including phenoxy) is 1. The third-order valence-electron chi connectivity index (χ3n) is 4.69. The third kappa shape index (κ3) is 3.43. The van der Waals surface area contributed by atoms with Gasteiger partial charge in [0.2, 0.25) is 0 Å². The highest BCUT2D eigenvalue weighted by Gasteiger charge is 2.42. The summed E-state index contributed by atoms with van der Waals surface area (Å²) >= 11 is 1.44. The average Bonchev–Trinajstić information content (AvgIpc) is 3.34. The van der Waals surface area contributed by atoms with Gasteiger partial charge >= 0.3 is 0 Å². The minimum absolute atomic E-state index is 0.330. The number of hydrogen-bond donors (Lipinski definition) is 0. The Morgan fingerprint density at radius 2 is 1.76 bits per heavy atom. The maximum absolute atomic E-state index is 13.5. The summed E-state index contributed by atoms with van der Waals surface area (Å²) in [5.41, 5.74) is 2.11. The molecule has 1 aliphatic rings. The second-order valence-electron chi connectivity index (χ2n) is 6.47. The number of para-hydroxylation sites is 1. The van der Waals surface area contributed by atoms with E-state index in [0.717, 1.165) is 10.6 Å². The van der Waals surface area contributed by atoms with Crippen molar-refractivity contribution in [1.82, 2.24) is 0 Å². The van der Waals surface area contributed by atoms with E-state index in [2.05, 4.69) is 0 Å². The first kappa shape index (κ1) is 19.0. The predicted molar refractivity (Wildman–Crippen MR) is 116 cm³/mol. The van der Waals surface area contributed by atoms with Gasteiger partial charge < -0.3 is 9.64 Å². The van der Waals surface area contributed by atoms with Crippen molar-refractivity contribution >= 4 is 40.1 Å². The fourth-order valence-electron chi connectivity index (χ4n) is 3.37. The normalized spacial score (nSPS) is 13.9. The molecule has 0 N–H and O–H groups in total. The monoisotopic (exact) mass is 404 g/mol. The van der Waals surface area contributed by atoms with Gasteiger partial charge in [0, 0.05) is 23.7 Å². The molecule has 0 saturated heterocycles. The van der Waals surface area contributed by atoms with Crippen LogP contribution in [0, 0.1) is 0 Å². The Morgan fingerprint density at radius 1 is 0.966 bits per heavy atom. The molecule has 4 rings (SSSR count). The molecule has 5 nitrogen and oxygen atoms in total. The van der Waals surface area contributed by atoms with Crippen LogP contribution in [-0.4, -0.2) is 25.5 Å². The molecule has 0 unspecified atom stereocenters. The summed E-state index contributed by atoms with van der Waals surface area (Å²) in [7, 11) is 1.81. The molecule has 29 heavy (non-hydrogen) atoms. The number of benzene rings is 2. The number of nitrogens with zero attached hydrogens (tertiary/aromatic N) is 2. The zero-order valence-electron chi connectivity index (χ0n) is 16.2. The summed E-state index contributed by atoms with van der Waals surface area (Å²) in [5, 5.41) is 1.90. The fraction of sp³-hybridized carbons (Fsp3) is 0.130. The van der Waals surface area contributed by atoms with E-state index in [1.54, 1.807) is 23.1 Å². The Morgan fingerprint density at radius 3 is 2.45 bits per heavy atom. The van der Waals surface area contributed by atoms with Gasteiger partial charge in [-0.25, -0.2) is 4.90 Å². The van der Waals surface area contributed by atoms with Crippen LogP contribution in [-0.2, 0) is 9.59 Å². The van der Waals surface area contributed by atoms with Crippen molar-refractivity contribution in [2.75, 3.05) is 23.5 Å². The number of imide groups is 1. The number of carbonyl (C=O) groups excluding carboxylic acids is 2. The molecule has 1 aromatic heterocycles. The molecule has 146 valence electrons. The van der Waals surface area contributed by atoms with Crippen LogP contribution in [0.1, 0.15) is 11.8 Å². The Balaban J connectivity index is 1.81. The molecular formula is C23H20N2O3S. The molecule has 1 aliphatic heterocycles. The van der Waals surface area contributed by atoms with E-state index < -0.39 is 0 Å². The molecule has 0 fully saturated rings. The van der Waals surface area contributed by atoms with E-state index in [-0.39, 0.29) is 11.8 Å². The largest absolute Gasteiger partial charge is 0.494 e. The summed E-state index contributed by atoms with van der Waals surface area (Å²) in [6.07, 6.45) is 0. The van der Waals surface area contributed by atoms with Gasteiger partial charge in [0.05, 0.1) is 17.9 Å². The molecule has 6 heteroatoms. The first-order chi connectivity index (χ1) is 14.1. The molecule has 2 amide bonds. The van der Waals surface area contributed by atoms with Crippen LogP contribution >= 0.6 is 11.3 Å². The lowest BCUT2D eigenvalue weighted by Crippen LogP contribution is -2.34. The van der Waals surface area contributed by atoms with Crippen LogP contribution in [0.3, 0.4) is 0 Å². The molecule has 0 radical (unpaired) electrons. The van der Waals surface area contributed by atoms with Crippen molar-refractivity contribution in [2.45, 2.75) is 6.92 Å². The van der Waals surface area contributed by atoms with Crippen molar-refractivity contribution in [1.29, 1.82) is 0 Å². The van der Waals surface area contributed by atoms with Gasteiger partial charge in [0.1, 0.15) is 11.4 Å². The van der Waals surface area contributed by atoms with Crippen LogP contribution in [0.4, 0.5) is 11.4 Å².